The van der Waals surface area contributed by atoms with Crippen LogP contribution in [-0.4, -0.2) is 75.9 Å². The molecule has 162 valence electrons. The summed E-state index contributed by atoms with van der Waals surface area (Å²) < 4.78 is 5.36. The number of aromatic nitrogens is 2. The second-order valence-corrected chi connectivity index (χ2v) is 8.89. The van der Waals surface area contributed by atoms with Gasteiger partial charge in [0, 0.05) is 52.1 Å². The van der Waals surface area contributed by atoms with Gasteiger partial charge in [0.2, 0.25) is 11.8 Å². The Bertz CT molecular complexity index is 822. The number of hydrogen-bond donors (Lipinski definition) is 0. The lowest BCUT2D eigenvalue weighted by molar-refractivity contribution is -0.131. The van der Waals surface area contributed by atoms with Crippen LogP contribution in [-0.2, 0) is 17.8 Å². The highest BCUT2D eigenvalue weighted by atomic mass is 32.1. The van der Waals surface area contributed by atoms with E-state index in [-0.39, 0.29) is 11.8 Å². The molecule has 0 atom stereocenters. The van der Waals surface area contributed by atoms with Crippen molar-refractivity contribution in [1.82, 2.24) is 24.8 Å². The summed E-state index contributed by atoms with van der Waals surface area (Å²) in [5.74, 6) is 1.47. The van der Waals surface area contributed by atoms with E-state index >= 15 is 0 Å². The Morgan fingerprint density at radius 2 is 1.77 bits per heavy atom. The maximum absolute atomic E-state index is 12.4. The third-order valence-electron chi connectivity index (χ3n) is 5.78. The van der Waals surface area contributed by atoms with E-state index in [1.807, 2.05) is 27.3 Å². The van der Waals surface area contributed by atoms with Crippen molar-refractivity contribution in [3.8, 4) is 0 Å². The topological polar surface area (TPSA) is 82.8 Å². The van der Waals surface area contributed by atoms with Gasteiger partial charge in [-0.1, -0.05) is 24.1 Å². The molecule has 0 aromatic carbocycles. The van der Waals surface area contributed by atoms with E-state index in [4.69, 9.17) is 4.52 Å². The molecule has 2 aromatic heterocycles. The predicted octanol–water partition coefficient (Wildman–Crippen LogP) is 2.42. The number of aryl methyl sites for hydroxylation is 1. The van der Waals surface area contributed by atoms with Crippen molar-refractivity contribution in [2.24, 2.45) is 0 Å². The Balaban J connectivity index is 1.20. The summed E-state index contributed by atoms with van der Waals surface area (Å²) in [6.07, 6.45) is 5.54. The summed E-state index contributed by atoms with van der Waals surface area (Å²) in [5.41, 5.74) is 0. The molecule has 0 spiro atoms. The van der Waals surface area contributed by atoms with E-state index in [1.54, 1.807) is 0 Å². The van der Waals surface area contributed by atoms with Crippen LogP contribution in [0.3, 0.4) is 0 Å². The highest BCUT2D eigenvalue weighted by Crippen LogP contribution is 2.15. The van der Waals surface area contributed by atoms with Crippen molar-refractivity contribution in [2.45, 2.75) is 45.1 Å². The number of hydrogen-bond acceptors (Lipinski definition) is 7. The Morgan fingerprint density at radius 1 is 1.00 bits per heavy atom. The Kier molecular flexibility index (Phi) is 7.11. The van der Waals surface area contributed by atoms with E-state index in [0.29, 0.717) is 44.2 Å². The second-order valence-electron chi connectivity index (χ2n) is 7.94. The Labute approximate surface area is 180 Å². The first-order chi connectivity index (χ1) is 14.7. The molecule has 2 fully saturated rings. The van der Waals surface area contributed by atoms with E-state index in [2.05, 4.69) is 15.0 Å². The molecule has 2 aliphatic heterocycles. The molecule has 2 saturated heterocycles. The number of likely N-dealkylation sites (tertiary alicyclic amines) is 1. The minimum absolute atomic E-state index is 0.112. The summed E-state index contributed by atoms with van der Waals surface area (Å²) >= 11 is 1.48. The summed E-state index contributed by atoms with van der Waals surface area (Å²) in [7, 11) is 0. The van der Waals surface area contributed by atoms with Crippen LogP contribution in [0.1, 0.15) is 53.5 Å². The first-order valence-corrected chi connectivity index (χ1v) is 11.7. The number of carbonyl (C=O) groups is 2. The Hall–Kier alpha value is -2.26. The predicted molar refractivity (Wildman–Crippen MR) is 113 cm³/mol. The monoisotopic (exact) mass is 431 g/mol. The number of amides is 2. The molecule has 0 radical (unpaired) electrons. The molecule has 2 amide bonds. The fraction of sp³-hybridized carbons (Fsp3) is 0.619. The van der Waals surface area contributed by atoms with Crippen molar-refractivity contribution >= 4 is 23.2 Å². The number of thiophene rings is 1. The van der Waals surface area contributed by atoms with Crippen molar-refractivity contribution in [3.63, 3.8) is 0 Å². The van der Waals surface area contributed by atoms with Crippen LogP contribution >= 0.6 is 11.3 Å². The first kappa shape index (κ1) is 21.0. The second kappa shape index (κ2) is 10.2. The zero-order chi connectivity index (χ0) is 20.8. The van der Waals surface area contributed by atoms with Gasteiger partial charge in [-0.05, 0) is 24.3 Å². The van der Waals surface area contributed by atoms with Gasteiger partial charge < -0.3 is 14.3 Å². The molecular formula is C21H29N5O3S. The van der Waals surface area contributed by atoms with E-state index < -0.39 is 0 Å². The maximum Gasteiger partial charge on any atom is 0.264 e. The molecule has 2 aromatic rings. The van der Waals surface area contributed by atoms with Gasteiger partial charge in [-0.2, -0.15) is 4.98 Å². The van der Waals surface area contributed by atoms with Crippen LogP contribution in [0.4, 0.5) is 0 Å². The minimum atomic E-state index is 0.112. The lowest BCUT2D eigenvalue weighted by Crippen LogP contribution is -2.48. The van der Waals surface area contributed by atoms with Gasteiger partial charge in [0.15, 0.2) is 5.82 Å². The third-order valence-corrected chi connectivity index (χ3v) is 6.64. The summed E-state index contributed by atoms with van der Waals surface area (Å²) in [6.45, 7) is 5.31. The zero-order valence-electron chi connectivity index (χ0n) is 17.3. The molecule has 0 N–H and O–H groups in total. The van der Waals surface area contributed by atoms with Gasteiger partial charge in [0.1, 0.15) is 0 Å². The van der Waals surface area contributed by atoms with Gasteiger partial charge in [0.05, 0.1) is 11.4 Å². The van der Waals surface area contributed by atoms with Crippen LogP contribution in [0.5, 0.6) is 0 Å². The average molecular weight is 432 g/mol. The van der Waals surface area contributed by atoms with Gasteiger partial charge in [-0.25, -0.2) is 0 Å². The van der Waals surface area contributed by atoms with Gasteiger partial charge in [-0.3, -0.25) is 14.5 Å². The maximum atomic E-state index is 12.4. The standard InChI is InChI=1S/C21H29N5O3S/c27-20(25-9-3-1-2-4-10-25)8-7-19-22-18(23-29-19)16-24-11-13-26(14-12-24)21(28)17-6-5-15-30-17/h5-6,15H,1-4,7-14,16H2. The largest absolute Gasteiger partial charge is 0.343 e. The molecule has 9 heteroatoms. The van der Waals surface area contributed by atoms with E-state index in [0.717, 1.165) is 43.9 Å². The normalized spacial score (nSPS) is 18.4. The van der Waals surface area contributed by atoms with Crippen LogP contribution < -0.4 is 0 Å². The molecule has 0 unspecified atom stereocenters. The smallest absolute Gasteiger partial charge is 0.264 e. The lowest BCUT2D eigenvalue weighted by Gasteiger charge is -2.33. The first-order valence-electron chi connectivity index (χ1n) is 10.8. The Morgan fingerprint density at radius 3 is 2.47 bits per heavy atom. The van der Waals surface area contributed by atoms with Gasteiger partial charge in [-0.15, -0.1) is 11.3 Å². The number of nitrogens with zero attached hydrogens (tertiary/aromatic N) is 5. The molecule has 0 bridgehead atoms. The summed E-state index contributed by atoms with van der Waals surface area (Å²) in [4.78, 5) is 36.2. The van der Waals surface area contributed by atoms with Crippen molar-refractivity contribution in [2.75, 3.05) is 39.3 Å². The highest BCUT2D eigenvalue weighted by molar-refractivity contribution is 7.12. The van der Waals surface area contributed by atoms with Crippen molar-refractivity contribution in [3.05, 3.63) is 34.1 Å². The molecule has 30 heavy (non-hydrogen) atoms. The summed E-state index contributed by atoms with van der Waals surface area (Å²) in [6, 6.07) is 3.78. The van der Waals surface area contributed by atoms with Crippen LogP contribution in [0.25, 0.3) is 0 Å². The fourth-order valence-electron chi connectivity index (χ4n) is 4.01. The van der Waals surface area contributed by atoms with Crippen LogP contribution in [0.2, 0.25) is 0 Å². The summed E-state index contributed by atoms with van der Waals surface area (Å²) in [5, 5.41) is 6.01. The van der Waals surface area contributed by atoms with E-state index in [9.17, 15) is 9.59 Å². The van der Waals surface area contributed by atoms with Crippen molar-refractivity contribution < 1.29 is 14.1 Å². The average Bonchev–Trinajstić information content (AvgIpc) is 3.38. The number of rotatable bonds is 6. The fourth-order valence-corrected chi connectivity index (χ4v) is 4.70. The highest BCUT2D eigenvalue weighted by Gasteiger charge is 2.24. The SMILES string of the molecule is O=C(CCc1nc(CN2CCN(C(=O)c3cccs3)CC2)no1)N1CCCCCC1. The number of carbonyl (C=O) groups excluding carboxylic acids is 2. The molecule has 4 heterocycles. The van der Waals surface area contributed by atoms with Crippen LogP contribution in [0, 0.1) is 0 Å². The number of piperazine rings is 1. The molecule has 8 nitrogen and oxygen atoms in total. The van der Waals surface area contributed by atoms with E-state index in [1.165, 1.54) is 24.2 Å². The van der Waals surface area contributed by atoms with Crippen LogP contribution in [0.15, 0.2) is 22.0 Å². The van der Waals surface area contributed by atoms with Gasteiger partial charge >= 0.3 is 0 Å². The molecule has 2 aliphatic rings. The molecule has 0 saturated carbocycles. The molecule has 4 rings (SSSR count). The quantitative estimate of drug-likeness (QED) is 0.699. The zero-order valence-corrected chi connectivity index (χ0v) is 18.1. The third kappa shape index (κ3) is 5.46. The lowest BCUT2D eigenvalue weighted by atomic mass is 10.2. The molecular weight excluding hydrogens is 402 g/mol. The van der Waals surface area contributed by atoms with Gasteiger partial charge in [0.25, 0.3) is 5.91 Å². The minimum Gasteiger partial charge on any atom is -0.343 e. The molecule has 0 aliphatic carbocycles. The van der Waals surface area contributed by atoms with Crippen molar-refractivity contribution in [1.29, 1.82) is 0 Å².